The van der Waals surface area contributed by atoms with Crippen molar-refractivity contribution >= 4 is 0 Å². The molecule has 2 aromatic carbocycles. The van der Waals surface area contributed by atoms with Crippen molar-refractivity contribution in [2.45, 2.75) is 31.8 Å². The lowest BCUT2D eigenvalue weighted by Crippen LogP contribution is -2.51. The largest absolute Gasteiger partial charge is 0.494 e. The zero-order valence-corrected chi connectivity index (χ0v) is 17.7. The van der Waals surface area contributed by atoms with Crippen LogP contribution in [0.1, 0.15) is 23.1 Å². The predicted molar refractivity (Wildman–Crippen MR) is 119 cm³/mol. The van der Waals surface area contributed by atoms with Crippen LogP contribution in [0.4, 0.5) is 0 Å². The van der Waals surface area contributed by atoms with Crippen LogP contribution in [0.3, 0.4) is 0 Å². The van der Waals surface area contributed by atoms with Crippen LogP contribution >= 0.6 is 0 Å². The van der Waals surface area contributed by atoms with Gasteiger partial charge < -0.3 is 4.74 Å². The van der Waals surface area contributed by atoms with Gasteiger partial charge >= 0.3 is 0 Å². The fourth-order valence-corrected chi connectivity index (χ4v) is 4.93. The maximum absolute atomic E-state index is 5.47. The van der Waals surface area contributed by atoms with Crippen molar-refractivity contribution in [1.82, 2.24) is 19.6 Å². The monoisotopic (exact) mass is 402 g/mol. The van der Waals surface area contributed by atoms with Gasteiger partial charge in [-0.2, -0.15) is 5.10 Å². The summed E-state index contributed by atoms with van der Waals surface area (Å²) in [7, 11) is 1.70. The standard InChI is InChI=1S/C25H30N4O/c1-30-25-9-5-4-8-24(25)29-19-20(17-26-29)18-27-12-14-28(15-13-27)23-11-10-21-6-2-3-7-22(21)16-23/h2-9,17,19,23H,10-16,18H2,1H3/t23-/m0/s1. The number of aryl methyl sites for hydroxylation is 1. The Morgan fingerprint density at radius 1 is 0.967 bits per heavy atom. The third-order valence-electron chi connectivity index (χ3n) is 6.62. The SMILES string of the molecule is COc1ccccc1-n1cc(CN2CCN([C@H]3CCc4ccccc4C3)CC2)cn1. The number of fused-ring (bicyclic) bond motifs is 1. The summed E-state index contributed by atoms with van der Waals surface area (Å²) in [5, 5.41) is 4.57. The number of methoxy groups -OCH3 is 1. The van der Waals surface area contributed by atoms with Crippen LogP contribution in [0.2, 0.25) is 0 Å². The molecule has 1 aliphatic heterocycles. The summed E-state index contributed by atoms with van der Waals surface area (Å²) < 4.78 is 7.39. The molecule has 30 heavy (non-hydrogen) atoms. The second-order valence-electron chi connectivity index (χ2n) is 8.44. The van der Waals surface area contributed by atoms with Crippen LogP contribution in [0, 0.1) is 0 Å². The number of piperazine rings is 1. The van der Waals surface area contributed by atoms with E-state index in [-0.39, 0.29) is 0 Å². The fourth-order valence-electron chi connectivity index (χ4n) is 4.93. The topological polar surface area (TPSA) is 33.5 Å². The van der Waals surface area contributed by atoms with E-state index >= 15 is 0 Å². The molecule has 2 aliphatic rings. The van der Waals surface area contributed by atoms with Crippen LogP contribution < -0.4 is 4.74 Å². The first-order chi connectivity index (χ1) is 14.8. The number of aromatic nitrogens is 2. The molecule has 2 heterocycles. The van der Waals surface area contributed by atoms with Crippen molar-refractivity contribution in [2.24, 2.45) is 0 Å². The third kappa shape index (κ3) is 4.00. The first-order valence-corrected chi connectivity index (χ1v) is 11.0. The molecule has 5 heteroatoms. The highest BCUT2D eigenvalue weighted by molar-refractivity contribution is 5.46. The molecule has 0 bridgehead atoms. The van der Waals surface area contributed by atoms with Gasteiger partial charge in [-0.05, 0) is 42.5 Å². The molecule has 1 saturated heterocycles. The summed E-state index contributed by atoms with van der Waals surface area (Å²) in [4.78, 5) is 5.27. The number of rotatable bonds is 5. The molecule has 5 rings (SSSR count). The van der Waals surface area contributed by atoms with Crippen LogP contribution in [0.5, 0.6) is 5.75 Å². The molecular weight excluding hydrogens is 372 g/mol. The molecule has 1 atom stereocenters. The van der Waals surface area contributed by atoms with Crippen LogP contribution in [0.25, 0.3) is 5.69 Å². The number of para-hydroxylation sites is 2. The van der Waals surface area contributed by atoms with E-state index in [1.165, 1.54) is 24.8 Å². The molecule has 0 N–H and O–H groups in total. The van der Waals surface area contributed by atoms with Crippen LogP contribution in [-0.2, 0) is 19.4 Å². The summed E-state index contributed by atoms with van der Waals surface area (Å²) in [6.45, 7) is 5.52. The molecule has 0 amide bonds. The van der Waals surface area contributed by atoms with Crippen LogP contribution in [-0.4, -0.2) is 58.9 Å². The Morgan fingerprint density at radius 3 is 2.57 bits per heavy atom. The average Bonchev–Trinajstić information content (AvgIpc) is 3.27. The molecule has 3 aromatic rings. The number of hydrogen-bond acceptors (Lipinski definition) is 4. The molecular formula is C25H30N4O. The van der Waals surface area contributed by atoms with Crippen molar-refractivity contribution in [3.05, 3.63) is 77.6 Å². The van der Waals surface area contributed by atoms with Gasteiger partial charge in [-0.25, -0.2) is 4.68 Å². The highest BCUT2D eigenvalue weighted by Crippen LogP contribution is 2.26. The molecule has 0 spiro atoms. The van der Waals surface area contributed by atoms with Gasteiger partial charge in [-0.15, -0.1) is 0 Å². The highest BCUT2D eigenvalue weighted by Gasteiger charge is 2.27. The molecule has 5 nitrogen and oxygen atoms in total. The van der Waals surface area contributed by atoms with E-state index in [9.17, 15) is 0 Å². The van der Waals surface area contributed by atoms with Crippen molar-refractivity contribution in [3.8, 4) is 11.4 Å². The Bertz CT molecular complexity index is 990. The van der Waals surface area contributed by atoms with Gasteiger partial charge in [0.1, 0.15) is 11.4 Å². The normalized spacial score (nSPS) is 20.1. The second-order valence-corrected chi connectivity index (χ2v) is 8.44. The predicted octanol–water partition coefficient (Wildman–Crippen LogP) is 3.56. The minimum atomic E-state index is 0.704. The number of ether oxygens (including phenoxy) is 1. The molecule has 156 valence electrons. The summed E-state index contributed by atoms with van der Waals surface area (Å²) in [6.07, 6.45) is 7.84. The second kappa shape index (κ2) is 8.62. The first kappa shape index (κ1) is 19.3. The van der Waals surface area contributed by atoms with Gasteiger partial charge in [0.2, 0.25) is 0 Å². The van der Waals surface area contributed by atoms with Crippen molar-refractivity contribution in [1.29, 1.82) is 0 Å². The third-order valence-corrected chi connectivity index (χ3v) is 6.62. The van der Waals surface area contributed by atoms with E-state index in [1.807, 2.05) is 35.1 Å². The number of benzene rings is 2. The maximum Gasteiger partial charge on any atom is 0.144 e. The zero-order valence-electron chi connectivity index (χ0n) is 17.7. The minimum Gasteiger partial charge on any atom is -0.494 e. The van der Waals surface area contributed by atoms with E-state index in [1.54, 1.807) is 18.2 Å². The van der Waals surface area contributed by atoms with Crippen molar-refractivity contribution < 1.29 is 4.74 Å². The fraction of sp³-hybridized carbons (Fsp3) is 0.400. The lowest BCUT2D eigenvalue weighted by atomic mass is 9.87. The van der Waals surface area contributed by atoms with Gasteiger partial charge in [0, 0.05) is 50.5 Å². The van der Waals surface area contributed by atoms with E-state index < -0.39 is 0 Å². The molecule has 1 aliphatic carbocycles. The van der Waals surface area contributed by atoms with E-state index in [0.29, 0.717) is 6.04 Å². The Morgan fingerprint density at radius 2 is 1.73 bits per heavy atom. The van der Waals surface area contributed by atoms with E-state index in [2.05, 4.69) is 45.4 Å². The minimum absolute atomic E-state index is 0.704. The van der Waals surface area contributed by atoms with Crippen molar-refractivity contribution in [3.63, 3.8) is 0 Å². The Labute approximate surface area is 178 Å². The lowest BCUT2D eigenvalue weighted by molar-refractivity contribution is 0.0856. The summed E-state index contributed by atoms with van der Waals surface area (Å²) in [5.41, 5.74) is 5.34. The van der Waals surface area contributed by atoms with Gasteiger partial charge in [-0.3, -0.25) is 9.80 Å². The number of hydrogen-bond donors (Lipinski definition) is 0. The zero-order chi connectivity index (χ0) is 20.3. The Kier molecular flexibility index (Phi) is 5.56. The van der Waals surface area contributed by atoms with E-state index in [4.69, 9.17) is 4.74 Å². The molecule has 0 unspecified atom stereocenters. The Balaban J connectivity index is 1.17. The highest BCUT2D eigenvalue weighted by atomic mass is 16.5. The molecule has 1 aromatic heterocycles. The van der Waals surface area contributed by atoms with E-state index in [0.717, 1.165) is 44.2 Å². The first-order valence-electron chi connectivity index (χ1n) is 11.0. The summed E-state index contributed by atoms with van der Waals surface area (Å²) in [6, 6.07) is 17.7. The maximum atomic E-state index is 5.47. The van der Waals surface area contributed by atoms with Crippen LogP contribution in [0.15, 0.2) is 60.9 Å². The molecule has 1 fully saturated rings. The van der Waals surface area contributed by atoms with Crippen molar-refractivity contribution in [2.75, 3.05) is 33.3 Å². The lowest BCUT2D eigenvalue weighted by Gasteiger charge is -2.41. The van der Waals surface area contributed by atoms with Gasteiger partial charge in [0.05, 0.1) is 13.3 Å². The average molecular weight is 403 g/mol. The quantitative estimate of drug-likeness (QED) is 0.654. The van der Waals surface area contributed by atoms with Gasteiger partial charge in [0.15, 0.2) is 0 Å². The molecule has 0 saturated carbocycles. The number of nitrogens with zero attached hydrogens (tertiary/aromatic N) is 4. The Hall–Kier alpha value is -2.63. The van der Waals surface area contributed by atoms with Gasteiger partial charge in [0.25, 0.3) is 0 Å². The summed E-state index contributed by atoms with van der Waals surface area (Å²) >= 11 is 0. The summed E-state index contributed by atoms with van der Waals surface area (Å²) in [5.74, 6) is 0.842. The smallest absolute Gasteiger partial charge is 0.144 e. The molecule has 0 radical (unpaired) electrons. The van der Waals surface area contributed by atoms with Gasteiger partial charge in [-0.1, -0.05) is 36.4 Å².